The molecule has 18 atom stereocenters. The summed E-state index contributed by atoms with van der Waals surface area (Å²) < 4.78 is 0. The van der Waals surface area contributed by atoms with Gasteiger partial charge in [-0.2, -0.15) is 0 Å². The highest BCUT2D eigenvalue weighted by Gasteiger charge is 2.64. The van der Waals surface area contributed by atoms with E-state index in [0.717, 1.165) is 119 Å². The summed E-state index contributed by atoms with van der Waals surface area (Å²) in [5, 5.41) is 16.4. The Balaban J connectivity index is 0.665. The number of fused-ring (bicyclic) bond motifs is 9. The van der Waals surface area contributed by atoms with Crippen LogP contribution in [0.2, 0.25) is 0 Å². The van der Waals surface area contributed by atoms with Crippen molar-refractivity contribution < 1.29 is 0 Å². The van der Waals surface area contributed by atoms with Crippen LogP contribution in [0.4, 0.5) is 0 Å². The van der Waals surface area contributed by atoms with E-state index in [2.05, 4.69) is 31.1 Å². The van der Waals surface area contributed by atoms with E-state index in [9.17, 15) is 0 Å². The van der Waals surface area contributed by atoms with Crippen molar-refractivity contribution >= 4 is 0 Å². The first-order valence-corrected chi connectivity index (χ1v) is 30.3. The number of nitrogens with zero attached hydrogens (tertiary/aromatic N) is 2. The van der Waals surface area contributed by atoms with E-state index in [4.69, 9.17) is 0 Å². The summed E-state index contributed by atoms with van der Waals surface area (Å²) in [5.74, 6) is 11.7. The van der Waals surface area contributed by atoms with Crippen molar-refractivity contribution in [3.05, 3.63) is 0 Å². The third-order valence-corrected chi connectivity index (χ3v) is 24.1. The lowest BCUT2D eigenvalue weighted by atomic mass is 9.61. The molecule has 0 spiro atoms. The lowest BCUT2D eigenvalue weighted by molar-refractivity contribution is 0.000790. The second kappa shape index (κ2) is 19.2. The quantitative estimate of drug-likeness (QED) is 0.213. The zero-order valence-electron chi connectivity index (χ0n) is 41.1. The largest absolute Gasteiger partial charge is 0.301 e. The zero-order chi connectivity index (χ0) is 42.1. The molecule has 13 rings (SSSR count). The molecule has 360 valence electrons. The van der Waals surface area contributed by atoms with Crippen LogP contribution in [-0.4, -0.2) is 83.6 Å². The summed E-state index contributed by atoms with van der Waals surface area (Å²) in [6.07, 6.45) is 52.6. The van der Waals surface area contributed by atoms with Crippen molar-refractivity contribution in [1.29, 1.82) is 0 Å². The van der Waals surface area contributed by atoms with Gasteiger partial charge >= 0.3 is 0 Å². The van der Waals surface area contributed by atoms with E-state index >= 15 is 0 Å². The molecule has 4 aliphatic heterocycles. The van der Waals surface area contributed by atoms with Crippen LogP contribution in [0.25, 0.3) is 0 Å². The normalized spacial score (nSPS) is 53.8. The van der Waals surface area contributed by atoms with Gasteiger partial charge in [-0.3, -0.25) is 20.4 Å². The highest BCUT2D eigenvalue weighted by Crippen LogP contribution is 2.62. The van der Waals surface area contributed by atoms with E-state index in [1.54, 1.807) is 64.2 Å². The Morgan fingerprint density at radius 1 is 0.281 bits per heavy atom. The Kier molecular flexibility index (Phi) is 13.1. The molecular weight excluding hydrogens is 781 g/mol. The molecule has 64 heavy (non-hydrogen) atoms. The molecule has 6 nitrogen and oxygen atoms in total. The maximum atomic E-state index is 4.18. The fourth-order valence-electron chi connectivity index (χ4n) is 21.4. The third-order valence-electron chi connectivity index (χ3n) is 24.1. The van der Waals surface area contributed by atoms with Gasteiger partial charge in [0.25, 0.3) is 0 Å². The van der Waals surface area contributed by atoms with Gasteiger partial charge in [-0.15, -0.1) is 0 Å². The van der Waals surface area contributed by atoms with Gasteiger partial charge in [-0.25, -0.2) is 0 Å². The smallest absolute Gasteiger partial charge is 0.0603 e. The molecule has 4 heterocycles. The summed E-state index contributed by atoms with van der Waals surface area (Å²) in [5.41, 5.74) is 0. The highest BCUT2D eigenvalue weighted by molar-refractivity contribution is 5.16. The van der Waals surface area contributed by atoms with Crippen LogP contribution in [0, 0.1) is 71.0 Å². The van der Waals surface area contributed by atoms with Crippen molar-refractivity contribution in [2.45, 2.75) is 279 Å². The molecule has 0 bridgehead atoms. The van der Waals surface area contributed by atoms with Gasteiger partial charge in [-0.05, 0) is 212 Å². The van der Waals surface area contributed by atoms with E-state index in [-0.39, 0.29) is 0 Å². The Morgan fingerprint density at radius 3 is 1.14 bits per heavy atom. The second-order valence-corrected chi connectivity index (χ2v) is 26.7. The van der Waals surface area contributed by atoms with Crippen LogP contribution in [-0.2, 0) is 0 Å². The van der Waals surface area contributed by atoms with E-state index in [1.807, 2.05) is 0 Å². The van der Waals surface area contributed by atoms with Gasteiger partial charge in [0.2, 0.25) is 0 Å². The number of hydrogen-bond donors (Lipinski definition) is 4. The number of rotatable bonds is 6. The van der Waals surface area contributed by atoms with Crippen LogP contribution in [0.1, 0.15) is 218 Å². The molecule has 18 unspecified atom stereocenters. The first-order valence-electron chi connectivity index (χ1n) is 30.3. The van der Waals surface area contributed by atoms with Crippen molar-refractivity contribution in [3.8, 4) is 0 Å². The van der Waals surface area contributed by atoms with E-state index in [0.29, 0.717) is 12.3 Å². The van der Waals surface area contributed by atoms with Crippen molar-refractivity contribution in [3.63, 3.8) is 0 Å². The first-order chi connectivity index (χ1) is 31.7. The van der Waals surface area contributed by atoms with Crippen LogP contribution in [0.15, 0.2) is 0 Å². The first kappa shape index (κ1) is 43.8. The molecule has 13 aliphatic rings. The molecule has 0 aromatic rings. The van der Waals surface area contributed by atoms with Crippen LogP contribution in [0.5, 0.6) is 0 Å². The SMILES string of the molecule is C1CCC2NC(C3CCC(C4CCCC(N5C6CCCCC6C6C7C8CCCCC8N(C8CCCC(C9CCC(C%10NCC%11CCCCC%11N%10)CC9)C8)C7CCC65)C4)CC3)NCC2C1. The van der Waals surface area contributed by atoms with Gasteiger partial charge in [0.05, 0.1) is 12.3 Å². The topological polar surface area (TPSA) is 54.6 Å². The van der Waals surface area contributed by atoms with Crippen LogP contribution in [0.3, 0.4) is 0 Å². The molecule has 0 aromatic heterocycles. The molecule has 13 fully saturated rings. The fourth-order valence-corrected chi connectivity index (χ4v) is 21.4. The van der Waals surface area contributed by atoms with E-state index < -0.39 is 0 Å². The average Bonchev–Trinajstić information content (AvgIpc) is 3.89. The zero-order valence-corrected chi connectivity index (χ0v) is 41.1. The molecular formula is C58H98N6. The minimum absolute atomic E-state index is 0.602. The van der Waals surface area contributed by atoms with Gasteiger partial charge < -0.3 is 10.6 Å². The Labute approximate surface area is 392 Å². The second-order valence-electron chi connectivity index (χ2n) is 26.7. The maximum absolute atomic E-state index is 4.18. The van der Waals surface area contributed by atoms with E-state index in [1.165, 1.54) is 167 Å². The molecule has 6 heteroatoms. The Hall–Kier alpha value is -0.240. The standard InChI is InChI=1S/C58H98N6/c1-5-19-49-43(11-1)35-59-57(61-49)39-27-23-37(24-28-39)41-13-9-15-45(33-41)63-51-21-7-3-17-47(51)55-53(63)31-32-54-56(55)48-18-4-8-22-52(48)64(54)46-16-10-14-42(34-46)38-25-29-40(30-26-38)58-60-36-44-12-2-6-20-50(44)62-58/h37-62H,1-36H2. The molecule has 4 N–H and O–H groups in total. The molecule has 9 aliphatic carbocycles. The summed E-state index contributed by atoms with van der Waals surface area (Å²) in [7, 11) is 0. The van der Waals surface area contributed by atoms with Gasteiger partial charge in [0.1, 0.15) is 0 Å². The van der Waals surface area contributed by atoms with Gasteiger partial charge in [0.15, 0.2) is 0 Å². The van der Waals surface area contributed by atoms with Crippen molar-refractivity contribution in [2.24, 2.45) is 71.0 Å². The summed E-state index contributed by atoms with van der Waals surface area (Å²) in [6, 6.07) is 7.14. The molecule has 0 amide bonds. The Bertz CT molecular complexity index is 1430. The molecule has 0 aromatic carbocycles. The highest BCUT2D eigenvalue weighted by atomic mass is 15.3. The summed E-state index contributed by atoms with van der Waals surface area (Å²) in [4.78, 5) is 6.86. The lowest BCUT2D eigenvalue weighted by Gasteiger charge is -2.49. The molecule has 9 saturated carbocycles. The molecule has 4 saturated heterocycles. The number of likely N-dealkylation sites (tertiary alicyclic amines) is 2. The third kappa shape index (κ3) is 8.20. The van der Waals surface area contributed by atoms with Gasteiger partial charge in [0, 0.05) is 61.4 Å². The predicted octanol–water partition coefficient (Wildman–Crippen LogP) is 11.4. The minimum Gasteiger partial charge on any atom is -0.301 e. The molecule has 0 radical (unpaired) electrons. The van der Waals surface area contributed by atoms with Crippen LogP contribution >= 0.6 is 0 Å². The van der Waals surface area contributed by atoms with Crippen LogP contribution < -0.4 is 21.3 Å². The van der Waals surface area contributed by atoms with Crippen molar-refractivity contribution in [1.82, 2.24) is 31.1 Å². The monoisotopic (exact) mass is 879 g/mol. The number of nitrogens with one attached hydrogen (secondary N) is 4. The summed E-state index contributed by atoms with van der Waals surface area (Å²) in [6.45, 7) is 2.57. The average molecular weight is 879 g/mol. The maximum Gasteiger partial charge on any atom is 0.0603 e. The predicted molar refractivity (Wildman–Crippen MR) is 263 cm³/mol. The van der Waals surface area contributed by atoms with Gasteiger partial charge in [-0.1, -0.05) is 77.0 Å². The lowest BCUT2D eigenvalue weighted by Crippen LogP contribution is -2.62. The fraction of sp³-hybridized carbons (Fsp3) is 1.00. The number of hydrogen-bond acceptors (Lipinski definition) is 6. The summed E-state index contributed by atoms with van der Waals surface area (Å²) >= 11 is 0. The Morgan fingerprint density at radius 2 is 0.672 bits per heavy atom. The van der Waals surface area contributed by atoms with Crippen molar-refractivity contribution in [2.75, 3.05) is 13.1 Å². The minimum atomic E-state index is 0.602.